The molecule has 0 aliphatic heterocycles. The molecule has 0 spiro atoms. The van der Waals surface area contributed by atoms with Crippen molar-refractivity contribution in [3.63, 3.8) is 0 Å². The first kappa shape index (κ1) is 18.9. The molecule has 4 nitrogen and oxygen atoms in total. The van der Waals surface area contributed by atoms with Crippen molar-refractivity contribution >= 4 is 18.3 Å². The van der Waals surface area contributed by atoms with Crippen LogP contribution in [0.1, 0.15) is 29.8 Å². The SMILES string of the molecule is COCc1cccc(C(=O)N(C)CC(C)(C)CN)c1.Cl. The molecule has 0 aliphatic rings. The molecule has 1 aromatic carbocycles. The van der Waals surface area contributed by atoms with Crippen molar-refractivity contribution in [2.24, 2.45) is 11.1 Å². The molecule has 20 heavy (non-hydrogen) atoms. The normalized spacial score (nSPS) is 10.8. The van der Waals surface area contributed by atoms with Gasteiger partial charge in [0.2, 0.25) is 0 Å². The van der Waals surface area contributed by atoms with E-state index < -0.39 is 0 Å². The molecular formula is C15H25ClN2O2. The van der Waals surface area contributed by atoms with Crippen molar-refractivity contribution < 1.29 is 9.53 Å². The number of ether oxygens (including phenoxy) is 1. The Labute approximate surface area is 127 Å². The number of hydrogen-bond acceptors (Lipinski definition) is 3. The Bertz CT molecular complexity index is 436. The van der Waals surface area contributed by atoms with Gasteiger partial charge in [0, 0.05) is 26.3 Å². The lowest BCUT2D eigenvalue weighted by Crippen LogP contribution is -2.39. The minimum atomic E-state index is -0.0749. The van der Waals surface area contributed by atoms with E-state index in [1.807, 2.05) is 31.3 Å². The van der Waals surface area contributed by atoms with Crippen LogP contribution in [0.2, 0.25) is 0 Å². The Morgan fingerprint density at radius 2 is 2.05 bits per heavy atom. The van der Waals surface area contributed by atoms with E-state index in [4.69, 9.17) is 10.5 Å². The molecule has 0 saturated heterocycles. The summed E-state index contributed by atoms with van der Waals surface area (Å²) >= 11 is 0. The predicted octanol–water partition coefficient (Wildman–Crippen LogP) is 2.31. The molecule has 0 atom stereocenters. The summed E-state index contributed by atoms with van der Waals surface area (Å²) in [4.78, 5) is 14.1. The van der Waals surface area contributed by atoms with Gasteiger partial charge in [0.15, 0.2) is 0 Å². The van der Waals surface area contributed by atoms with E-state index in [1.54, 1.807) is 12.0 Å². The number of amides is 1. The first-order valence-electron chi connectivity index (χ1n) is 6.43. The van der Waals surface area contributed by atoms with Crippen molar-refractivity contribution in [3.8, 4) is 0 Å². The van der Waals surface area contributed by atoms with Crippen LogP contribution in [0.4, 0.5) is 0 Å². The van der Waals surface area contributed by atoms with Crippen LogP contribution in [0, 0.1) is 5.41 Å². The lowest BCUT2D eigenvalue weighted by molar-refractivity contribution is 0.0740. The third-order valence-corrected chi connectivity index (χ3v) is 3.05. The summed E-state index contributed by atoms with van der Waals surface area (Å²) in [6, 6.07) is 7.53. The van der Waals surface area contributed by atoms with Crippen LogP contribution < -0.4 is 5.73 Å². The minimum Gasteiger partial charge on any atom is -0.380 e. The Morgan fingerprint density at radius 3 is 2.60 bits per heavy atom. The third kappa shape index (κ3) is 5.49. The number of halogens is 1. The molecule has 2 N–H and O–H groups in total. The van der Waals surface area contributed by atoms with Gasteiger partial charge in [-0.15, -0.1) is 12.4 Å². The molecule has 0 fully saturated rings. The molecular weight excluding hydrogens is 276 g/mol. The molecule has 1 aromatic rings. The van der Waals surface area contributed by atoms with Crippen LogP contribution in [0.15, 0.2) is 24.3 Å². The molecule has 0 aliphatic carbocycles. The number of benzene rings is 1. The van der Waals surface area contributed by atoms with Crippen LogP contribution in [0.25, 0.3) is 0 Å². The zero-order valence-electron chi connectivity index (χ0n) is 12.7. The second-order valence-corrected chi connectivity index (χ2v) is 5.66. The van der Waals surface area contributed by atoms with E-state index in [0.717, 1.165) is 5.56 Å². The van der Waals surface area contributed by atoms with E-state index in [9.17, 15) is 4.79 Å². The van der Waals surface area contributed by atoms with Crippen molar-refractivity contribution in [2.75, 3.05) is 27.2 Å². The van der Waals surface area contributed by atoms with Crippen LogP contribution in [0.3, 0.4) is 0 Å². The van der Waals surface area contributed by atoms with E-state index >= 15 is 0 Å². The lowest BCUT2D eigenvalue weighted by atomic mass is 9.93. The number of rotatable bonds is 6. The molecule has 0 aromatic heterocycles. The van der Waals surface area contributed by atoms with Gasteiger partial charge in [-0.3, -0.25) is 4.79 Å². The predicted molar refractivity (Wildman–Crippen MR) is 84.2 cm³/mol. The molecule has 0 radical (unpaired) electrons. The van der Waals surface area contributed by atoms with Crippen LogP contribution in [0.5, 0.6) is 0 Å². The van der Waals surface area contributed by atoms with Gasteiger partial charge in [-0.2, -0.15) is 0 Å². The number of nitrogens with two attached hydrogens (primary N) is 1. The van der Waals surface area contributed by atoms with Crippen molar-refractivity contribution in [2.45, 2.75) is 20.5 Å². The molecule has 0 unspecified atom stereocenters. The van der Waals surface area contributed by atoms with E-state index in [2.05, 4.69) is 13.8 Å². The molecule has 5 heteroatoms. The second kappa shape index (κ2) is 8.25. The Kier molecular flexibility index (Phi) is 7.79. The first-order valence-corrected chi connectivity index (χ1v) is 6.43. The maximum Gasteiger partial charge on any atom is 0.253 e. The highest BCUT2D eigenvalue weighted by molar-refractivity contribution is 5.94. The van der Waals surface area contributed by atoms with Crippen molar-refractivity contribution in [1.82, 2.24) is 4.90 Å². The monoisotopic (exact) mass is 300 g/mol. The van der Waals surface area contributed by atoms with Gasteiger partial charge in [-0.25, -0.2) is 0 Å². The second-order valence-electron chi connectivity index (χ2n) is 5.66. The molecule has 114 valence electrons. The van der Waals surface area contributed by atoms with Crippen molar-refractivity contribution in [1.29, 1.82) is 0 Å². The van der Waals surface area contributed by atoms with Gasteiger partial charge in [0.05, 0.1) is 6.61 Å². The van der Waals surface area contributed by atoms with Crippen LogP contribution in [-0.4, -0.2) is 38.1 Å². The van der Waals surface area contributed by atoms with Gasteiger partial charge >= 0.3 is 0 Å². The van der Waals surface area contributed by atoms with Gasteiger partial charge in [-0.1, -0.05) is 26.0 Å². The maximum absolute atomic E-state index is 12.3. The molecule has 1 rings (SSSR count). The number of nitrogens with zero attached hydrogens (tertiary/aromatic N) is 1. The number of carbonyl (C=O) groups excluding carboxylic acids is 1. The van der Waals surface area contributed by atoms with E-state index in [1.165, 1.54) is 0 Å². The zero-order chi connectivity index (χ0) is 14.5. The third-order valence-electron chi connectivity index (χ3n) is 3.05. The Balaban J connectivity index is 0.00000361. The standard InChI is InChI=1S/C15H24N2O2.ClH/c1-15(2,10-16)11-17(3)14(18)13-7-5-6-12(8-13)9-19-4;/h5-8H,9-11,16H2,1-4H3;1H. The summed E-state index contributed by atoms with van der Waals surface area (Å²) in [5, 5.41) is 0. The summed E-state index contributed by atoms with van der Waals surface area (Å²) < 4.78 is 5.08. The number of carbonyl (C=O) groups is 1. The zero-order valence-corrected chi connectivity index (χ0v) is 13.5. The molecule has 0 bridgehead atoms. The molecule has 0 heterocycles. The van der Waals surface area contributed by atoms with Crippen molar-refractivity contribution in [3.05, 3.63) is 35.4 Å². The fraction of sp³-hybridized carbons (Fsp3) is 0.533. The van der Waals surface area contributed by atoms with Crippen LogP contribution >= 0.6 is 12.4 Å². The fourth-order valence-electron chi connectivity index (χ4n) is 1.96. The number of hydrogen-bond donors (Lipinski definition) is 1. The summed E-state index contributed by atoms with van der Waals surface area (Å²) in [5.74, 6) is 0.0134. The summed E-state index contributed by atoms with van der Waals surface area (Å²) in [5.41, 5.74) is 7.31. The molecule has 0 saturated carbocycles. The lowest BCUT2D eigenvalue weighted by Gasteiger charge is -2.29. The Hall–Kier alpha value is -1.10. The molecule has 1 amide bonds. The first-order chi connectivity index (χ1) is 8.89. The largest absolute Gasteiger partial charge is 0.380 e. The highest BCUT2D eigenvalue weighted by atomic mass is 35.5. The fourth-order valence-corrected chi connectivity index (χ4v) is 1.96. The van der Waals surface area contributed by atoms with E-state index in [0.29, 0.717) is 25.3 Å². The highest BCUT2D eigenvalue weighted by Gasteiger charge is 2.21. The quantitative estimate of drug-likeness (QED) is 0.877. The van der Waals surface area contributed by atoms with Gasteiger partial charge < -0.3 is 15.4 Å². The van der Waals surface area contributed by atoms with E-state index in [-0.39, 0.29) is 23.7 Å². The van der Waals surface area contributed by atoms with Gasteiger partial charge in [0.1, 0.15) is 0 Å². The summed E-state index contributed by atoms with van der Waals surface area (Å²) in [6.45, 7) is 5.81. The van der Waals surface area contributed by atoms with Gasteiger partial charge in [-0.05, 0) is 29.7 Å². The van der Waals surface area contributed by atoms with Gasteiger partial charge in [0.25, 0.3) is 5.91 Å². The summed E-state index contributed by atoms with van der Waals surface area (Å²) in [6.07, 6.45) is 0. The number of methoxy groups -OCH3 is 1. The topological polar surface area (TPSA) is 55.6 Å². The maximum atomic E-state index is 12.3. The average molecular weight is 301 g/mol. The van der Waals surface area contributed by atoms with Crippen LogP contribution in [-0.2, 0) is 11.3 Å². The Morgan fingerprint density at radius 1 is 1.40 bits per heavy atom. The minimum absolute atomic E-state index is 0. The summed E-state index contributed by atoms with van der Waals surface area (Å²) in [7, 11) is 3.45. The highest BCUT2D eigenvalue weighted by Crippen LogP contribution is 2.16. The average Bonchev–Trinajstić information content (AvgIpc) is 2.38. The smallest absolute Gasteiger partial charge is 0.253 e.